The summed E-state index contributed by atoms with van der Waals surface area (Å²) in [5.74, 6) is 0.636. The molecule has 0 amide bonds. The normalized spacial score (nSPS) is 9.78. The van der Waals surface area contributed by atoms with Crippen molar-refractivity contribution in [1.82, 2.24) is 4.98 Å². The molecule has 4 heteroatoms. The maximum atomic E-state index is 7.02. The van der Waals surface area contributed by atoms with Crippen LogP contribution in [0.4, 0.5) is 5.69 Å². The predicted molar refractivity (Wildman–Crippen MR) is 68.4 cm³/mol. The molecule has 90 valence electrons. The monoisotopic (exact) mass is 240 g/mol. The Kier molecular flexibility index (Phi) is 3.90. The van der Waals surface area contributed by atoms with Crippen molar-refractivity contribution in [2.24, 2.45) is 0 Å². The third kappa shape index (κ3) is 2.65. The molecule has 18 heavy (non-hydrogen) atoms. The molecule has 0 fully saturated rings. The zero-order chi connectivity index (χ0) is 12.8. The molecule has 1 aromatic heterocycles. The van der Waals surface area contributed by atoms with Gasteiger partial charge in [-0.1, -0.05) is 12.1 Å². The summed E-state index contributed by atoms with van der Waals surface area (Å²) >= 11 is 0. The summed E-state index contributed by atoms with van der Waals surface area (Å²) < 4.78 is 10.4. The molecule has 0 bridgehead atoms. The van der Waals surface area contributed by atoms with E-state index in [0.29, 0.717) is 11.4 Å². The van der Waals surface area contributed by atoms with Crippen molar-refractivity contribution < 1.29 is 9.47 Å². The second-order valence-corrected chi connectivity index (χ2v) is 3.58. The first-order valence-corrected chi connectivity index (χ1v) is 5.39. The first kappa shape index (κ1) is 12.1. The number of pyridine rings is 1. The van der Waals surface area contributed by atoms with Crippen LogP contribution in [-0.4, -0.2) is 18.9 Å². The van der Waals surface area contributed by atoms with E-state index >= 15 is 0 Å². The second kappa shape index (κ2) is 5.80. The maximum absolute atomic E-state index is 7.02. The van der Waals surface area contributed by atoms with Gasteiger partial charge in [0.05, 0.1) is 6.57 Å². The Hall–Kier alpha value is -2.38. The summed E-state index contributed by atoms with van der Waals surface area (Å²) in [6.07, 6.45) is 3.44. The number of nitrogens with zero attached hydrogens (tertiary/aromatic N) is 2. The molecule has 4 nitrogen and oxygen atoms in total. The van der Waals surface area contributed by atoms with E-state index in [1.807, 2.05) is 18.2 Å². The third-order valence-electron chi connectivity index (χ3n) is 2.42. The largest absolute Gasteiger partial charge is 0.468 e. The number of hydrogen-bond acceptors (Lipinski definition) is 3. The molecule has 0 saturated heterocycles. The van der Waals surface area contributed by atoms with Gasteiger partial charge < -0.3 is 9.47 Å². The molecule has 2 rings (SSSR count). The average molecular weight is 240 g/mol. The number of hydrogen-bond donors (Lipinski definition) is 0. The van der Waals surface area contributed by atoms with E-state index in [9.17, 15) is 0 Å². The second-order valence-electron chi connectivity index (χ2n) is 3.58. The minimum absolute atomic E-state index is 0.152. The Balaban J connectivity index is 2.43. The fourth-order valence-electron chi connectivity index (χ4n) is 1.59. The Morgan fingerprint density at radius 2 is 2.00 bits per heavy atom. The van der Waals surface area contributed by atoms with E-state index < -0.39 is 0 Å². The van der Waals surface area contributed by atoms with Crippen molar-refractivity contribution >= 4 is 5.69 Å². The molecule has 1 heterocycles. The first-order valence-electron chi connectivity index (χ1n) is 5.39. The van der Waals surface area contributed by atoms with Crippen LogP contribution in [0.25, 0.3) is 16.0 Å². The summed E-state index contributed by atoms with van der Waals surface area (Å²) in [6.45, 7) is 7.17. The van der Waals surface area contributed by atoms with Crippen molar-refractivity contribution in [3.8, 4) is 16.9 Å². The molecule has 1 aromatic carbocycles. The summed E-state index contributed by atoms with van der Waals surface area (Å²) in [6, 6.07) is 9.14. The zero-order valence-electron chi connectivity index (χ0n) is 9.96. The lowest BCUT2D eigenvalue weighted by Gasteiger charge is -2.11. The van der Waals surface area contributed by atoms with Crippen LogP contribution in [0.15, 0.2) is 42.7 Å². The van der Waals surface area contributed by atoms with Crippen LogP contribution >= 0.6 is 0 Å². The molecule has 0 aliphatic rings. The van der Waals surface area contributed by atoms with Gasteiger partial charge in [-0.3, -0.25) is 4.98 Å². The van der Waals surface area contributed by atoms with E-state index in [-0.39, 0.29) is 6.79 Å². The SMILES string of the molecule is [C-]#[N+]c1ccc(-c2ccncc2)c(OCOC)c1. The number of ether oxygens (including phenoxy) is 2. The van der Waals surface area contributed by atoms with E-state index in [1.54, 1.807) is 31.6 Å². The predicted octanol–water partition coefficient (Wildman–Crippen LogP) is 3.28. The van der Waals surface area contributed by atoms with Gasteiger partial charge in [0.2, 0.25) is 0 Å². The van der Waals surface area contributed by atoms with E-state index in [0.717, 1.165) is 11.1 Å². The number of rotatable bonds is 4. The van der Waals surface area contributed by atoms with Gasteiger partial charge in [0, 0.05) is 25.1 Å². The molecule has 0 spiro atoms. The van der Waals surface area contributed by atoms with Gasteiger partial charge in [-0.2, -0.15) is 0 Å². The van der Waals surface area contributed by atoms with Crippen molar-refractivity contribution in [1.29, 1.82) is 0 Å². The average Bonchev–Trinajstić information content (AvgIpc) is 2.45. The lowest BCUT2D eigenvalue weighted by atomic mass is 10.1. The van der Waals surface area contributed by atoms with Gasteiger partial charge in [-0.05, 0) is 23.8 Å². The minimum atomic E-state index is 0.152. The molecule has 0 saturated carbocycles. The van der Waals surface area contributed by atoms with Gasteiger partial charge in [0.25, 0.3) is 0 Å². The molecular formula is C14H12N2O2. The van der Waals surface area contributed by atoms with Crippen LogP contribution in [0.1, 0.15) is 0 Å². The van der Waals surface area contributed by atoms with Crippen LogP contribution in [0.3, 0.4) is 0 Å². The summed E-state index contributed by atoms with van der Waals surface area (Å²) in [7, 11) is 1.56. The van der Waals surface area contributed by atoms with E-state index in [2.05, 4.69) is 9.83 Å². The quantitative estimate of drug-likeness (QED) is 0.607. The Bertz CT molecular complexity index is 562. The van der Waals surface area contributed by atoms with Gasteiger partial charge in [0.15, 0.2) is 12.5 Å². The topological polar surface area (TPSA) is 35.7 Å². The molecule has 0 atom stereocenters. The van der Waals surface area contributed by atoms with Gasteiger partial charge in [-0.15, -0.1) is 0 Å². The zero-order valence-corrected chi connectivity index (χ0v) is 9.96. The molecule has 0 radical (unpaired) electrons. The van der Waals surface area contributed by atoms with E-state index in [4.69, 9.17) is 16.0 Å². The minimum Gasteiger partial charge on any atom is -0.468 e. The number of benzene rings is 1. The summed E-state index contributed by atoms with van der Waals surface area (Å²) in [5, 5.41) is 0. The molecule has 0 aliphatic heterocycles. The van der Waals surface area contributed by atoms with Crippen LogP contribution < -0.4 is 4.74 Å². The summed E-state index contributed by atoms with van der Waals surface area (Å²) in [4.78, 5) is 7.37. The molecule has 0 aliphatic carbocycles. The van der Waals surface area contributed by atoms with Crippen LogP contribution in [0.5, 0.6) is 5.75 Å². The molecule has 0 unspecified atom stereocenters. The fraction of sp³-hybridized carbons (Fsp3) is 0.143. The highest BCUT2D eigenvalue weighted by Crippen LogP contribution is 2.33. The van der Waals surface area contributed by atoms with Crippen molar-refractivity contribution in [2.75, 3.05) is 13.9 Å². The number of methoxy groups -OCH3 is 1. The van der Waals surface area contributed by atoms with Crippen molar-refractivity contribution in [2.45, 2.75) is 0 Å². The summed E-state index contributed by atoms with van der Waals surface area (Å²) in [5.41, 5.74) is 2.45. The van der Waals surface area contributed by atoms with Crippen LogP contribution in [0.2, 0.25) is 0 Å². The smallest absolute Gasteiger partial charge is 0.190 e. The van der Waals surface area contributed by atoms with Gasteiger partial charge >= 0.3 is 0 Å². The Morgan fingerprint density at radius 1 is 1.22 bits per heavy atom. The Labute approximate surface area is 106 Å². The van der Waals surface area contributed by atoms with Crippen LogP contribution in [0, 0.1) is 6.57 Å². The number of aromatic nitrogens is 1. The highest BCUT2D eigenvalue weighted by atomic mass is 16.7. The van der Waals surface area contributed by atoms with Crippen LogP contribution in [-0.2, 0) is 4.74 Å². The fourth-order valence-corrected chi connectivity index (χ4v) is 1.59. The lowest BCUT2D eigenvalue weighted by molar-refractivity contribution is 0.0516. The lowest BCUT2D eigenvalue weighted by Crippen LogP contribution is -2.00. The van der Waals surface area contributed by atoms with Gasteiger partial charge in [-0.25, -0.2) is 4.85 Å². The Morgan fingerprint density at radius 3 is 2.67 bits per heavy atom. The first-order chi connectivity index (χ1) is 8.85. The maximum Gasteiger partial charge on any atom is 0.190 e. The standard InChI is InChI=1S/C14H12N2O2/c1-15-12-3-4-13(11-5-7-16-8-6-11)14(9-12)18-10-17-2/h3-9H,10H2,2H3. The third-order valence-corrected chi connectivity index (χ3v) is 2.42. The van der Waals surface area contributed by atoms with Crippen molar-refractivity contribution in [3.05, 3.63) is 54.1 Å². The highest BCUT2D eigenvalue weighted by molar-refractivity contribution is 5.73. The van der Waals surface area contributed by atoms with Gasteiger partial charge in [0.1, 0.15) is 5.75 Å². The van der Waals surface area contributed by atoms with Crippen molar-refractivity contribution in [3.63, 3.8) is 0 Å². The molecular weight excluding hydrogens is 228 g/mol. The molecule has 0 N–H and O–H groups in total. The van der Waals surface area contributed by atoms with E-state index in [1.165, 1.54) is 0 Å². The molecule has 2 aromatic rings. The highest BCUT2D eigenvalue weighted by Gasteiger charge is 2.07.